The van der Waals surface area contributed by atoms with Gasteiger partial charge in [-0.1, -0.05) is 93.6 Å². The monoisotopic (exact) mass is 419 g/mol. The second-order valence-electron chi connectivity index (χ2n) is 8.31. The molecular weight excluding hydrogens is 390 g/mol. The van der Waals surface area contributed by atoms with E-state index in [1.807, 2.05) is 93.6 Å². The van der Waals surface area contributed by atoms with Crippen LogP contribution in [0.4, 0.5) is 0 Å². The largest absolute Gasteiger partial charge is 0.374 e. The lowest BCUT2D eigenvalue weighted by molar-refractivity contribution is -0.130. The zero-order valence-electron chi connectivity index (χ0n) is 18.2. The van der Waals surface area contributed by atoms with Crippen LogP contribution in [0.25, 0.3) is 6.08 Å². The van der Waals surface area contributed by atoms with Gasteiger partial charge in [0, 0.05) is 5.41 Å². The first-order valence-corrected chi connectivity index (χ1v) is 10.3. The minimum atomic E-state index is -0.539. The number of nitrogens with one attached hydrogen (secondary N) is 1. The predicted octanol–water partition coefficient (Wildman–Crippen LogP) is 3.81. The lowest BCUT2D eigenvalue weighted by atomic mass is 9.95. The Morgan fingerprint density at radius 2 is 1.77 bits per heavy atom. The van der Waals surface area contributed by atoms with E-state index in [0.29, 0.717) is 19.0 Å². The Morgan fingerprint density at radius 3 is 2.45 bits per heavy atom. The minimum absolute atomic E-state index is 0.0878. The van der Waals surface area contributed by atoms with Crippen molar-refractivity contribution in [3.8, 4) is 0 Å². The summed E-state index contributed by atoms with van der Waals surface area (Å²) >= 11 is 0. The molecule has 1 atom stereocenters. The summed E-state index contributed by atoms with van der Waals surface area (Å²) in [5, 5.41) is 15.1. The van der Waals surface area contributed by atoms with Gasteiger partial charge in [0.2, 0.25) is 5.91 Å². The summed E-state index contributed by atoms with van der Waals surface area (Å²) in [6, 6.07) is 19.5. The minimum Gasteiger partial charge on any atom is -0.374 e. The molecule has 0 radical (unpaired) electrons. The molecule has 3 rings (SSSR count). The zero-order valence-corrected chi connectivity index (χ0v) is 18.2. The number of aromatic nitrogens is 4. The summed E-state index contributed by atoms with van der Waals surface area (Å²) in [5.41, 5.74) is 1.62. The van der Waals surface area contributed by atoms with Gasteiger partial charge in [-0.25, -0.2) is 4.68 Å². The first-order chi connectivity index (χ1) is 14.9. The summed E-state index contributed by atoms with van der Waals surface area (Å²) in [6.07, 6.45) is 4.00. The van der Waals surface area contributed by atoms with E-state index in [0.717, 1.165) is 11.1 Å². The van der Waals surface area contributed by atoms with Crippen LogP contribution >= 0.6 is 0 Å². The molecule has 7 nitrogen and oxygen atoms in total. The fourth-order valence-corrected chi connectivity index (χ4v) is 2.87. The maximum atomic E-state index is 12.7. The highest BCUT2D eigenvalue weighted by Crippen LogP contribution is 2.18. The molecule has 162 valence electrons. The molecule has 7 heteroatoms. The molecule has 2 aromatic carbocycles. The fraction of sp³-hybridized carbons (Fsp3) is 0.333. The van der Waals surface area contributed by atoms with E-state index in [1.54, 1.807) is 4.68 Å². The molecule has 0 spiro atoms. The van der Waals surface area contributed by atoms with Crippen LogP contribution in [0.2, 0.25) is 0 Å². The number of nitrogens with zero attached hydrogens (tertiary/aromatic N) is 4. The average molecular weight is 420 g/mol. The molecule has 1 N–H and O–H groups in total. The lowest BCUT2D eigenvalue weighted by Gasteiger charge is -2.23. The summed E-state index contributed by atoms with van der Waals surface area (Å²) in [7, 11) is 0. The summed E-state index contributed by atoms with van der Waals surface area (Å²) in [6.45, 7) is 6.80. The number of benzene rings is 2. The number of hydrogen-bond donors (Lipinski definition) is 1. The first-order valence-electron chi connectivity index (χ1n) is 10.3. The van der Waals surface area contributed by atoms with Gasteiger partial charge in [0.1, 0.15) is 6.04 Å². The van der Waals surface area contributed by atoms with E-state index in [4.69, 9.17) is 4.74 Å². The van der Waals surface area contributed by atoms with Crippen molar-refractivity contribution in [3.05, 3.63) is 83.7 Å². The Hall–Kier alpha value is -3.32. The van der Waals surface area contributed by atoms with Crippen LogP contribution in [0.3, 0.4) is 0 Å². The molecule has 0 unspecified atom stereocenters. The van der Waals surface area contributed by atoms with Crippen molar-refractivity contribution in [1.82, 2.24) is 25.5 Å². The van der Waals surface area contributed by atoms with Crippen LogP contribution in [0.15, 0.2) is 66.7 Å². The maximum absolute atomic E-state index is 12.7. The molecular formula is C24H29N5O2. The van der Waals surface area contributed by atoms with Crippen molar-refractivity contribution in [3.63, 3.8) is 0 Å². The van der Waals surface area contributed by atoms with Crippen molar-refractivity contribution in [2.24, 2.45) is 5.41 Å². The molecule has 0 aliphatic heterocycles. The van der Waals surface area contributed by atoms with E-state index in [9.17, 15) is 4.79 Å². The number of ether oxygens (including phenoxy) is 1. The SMILES string of the molecule is CC(C)(C)C(=O)N[C@H](COCc1ccccc1)c1nnnn1C/C=C/c1ccccc1. The summed E-state index contributed by atoms with van der Waals surface area (Å²) in [4.78, 5) is 12.7. The van der Waals surface area contributed by atoms with Crippen molar-refractivity contribution < 1.29 is 9.53 Å². The maximum Gasteiger partial charge on any atom is 0.226 e. The fourth-order valence-electron chi connectivity index (χ4n) is 2.87. The first kappa shape index (κ1) is 22.4. The second kappa shape index (κ2) is 10.6. The molecule has 1 amide bonds. The van der Waals surface area contributed by atoms with Gasteiger partial charge in [0.05, 0.1) is 19.8 Å². The van der Waals surface area contributed by atoms with Crippen molar-refractivity contribution in [1.29, 1.82) is 0 Å². The van der Waals surface area contributed by atoms with Crippen LogP contribution < -0.4 is 5.32 Å². The smallest absolute Gasteiger partial charge is 0.226 e. The van der Waals surface area contributed by atoms with E-state index in [1.165, 1.54) is 0 Å². The third-order valence-corrected chi connectivity index (χ3v) is 4.64. The summed E-state index contributed by atoms with van der Waals surface area (Å²) < 4.78 is 7.59. The third kappa shape index (κ3) is 6.86. The third-order valence-electron chi connectivity index (χ3n) is 4.64. The molecule has 0 aliphatic rings. The highest BCUT2D eigenvalue weighted by Gasteiger charge is 2.27. The molecule has 0 bridgehead atoms. The van der Waals surface area contributed by atoms with Gasteiger partial charge in [-0.2, -0.15) is 0 Å². The Balaban J connectivity index is 1.71. The molecule has 0 saturated heterocycles. The Morgan fingerprint density at radius 1 is 1.10 bits per heavy atom. The van der Waals surface area contributed by atoms with Crippen LogP contribution in [-0.4, -0.2) is 32.7 Å². The van der Waals surface area contributed by atoms with Gasteiger partial charge in [0.25, 0.3) is 0 Å². The van der Waals surface area contributed by atoms with Gasteiger partial charge >= 0.3 is 0 Å². The van der Waals surface area contributed by atoms with Gasteiger partial charge in [0.15, 0.2) is 5.82 Å². The van der Waals surface area contributed by atoms with Crippen molar-refractivity contribution in [2.45, 2.75) is 40.0 Å². The molecule has 1 heterocycles. The summed E-state index contributed by atoms with van der Waals surface area (Å²) in [5.74, 6) is 0.471. The van der Waals surface area contributed by atoms with E-state index in [2.05, 4.69) is 20.8 Å². The Labute approximate surface area is 183 Å². The quantitative estimate of drug-likeness (QED) is 0.570. The van der Waals surface area contributed by atoms with Crippen LogP contribution in [0, 0.1) is 5.41 Å². The van der Waals surface area contributed by atoms with E-state index in [-0.39, 0.29) is 12.5 Å². The van der Waals surface area contributed by atoms with Gasteiger partial charge in [-0.3, -0.25) is 4.79 Å². The molecule has 1 aromatic heterocycles. The number of carbonyl (C=O) groups excluding carboxylic acids is 1. The molecule has 31 heavy (non-hydrogen) atoms. The van der Waals surface area contributed by atoms with Crippen LogP contribution in [0.1, 0.15) is 43.8 Å². The van der Waals surface area contributed by atoms with Crippen LogP contribution in [0.5, 0.6) is 0 Å². The number of carbonyl (C=O) groups is 1. The molecule has 0 aliphatic carbocycles. The standard InChI is InChI=1S/C24H29N5O2/c1-24(2,3)23(30)25-21(18-31-17-20-13-8-5-9-14-20)22-26-27-28-29(22)16-10-15-19-11-6-4-7-12-19/h4-15,21H,16-18H2,1-3H3,(H,25,30)/b15-10+/t21-/m1/s1. The van der Waals surface area contributed by atoms with Crippen molar-refractivity contribution >= 4 is 12.0 Å². The normalized spacial score (nSPS) is 12.7. The number of amides is 1. The van der Waals surface area contributed by atoms with Gasteiger partial charge in [-0.15, -0.1) is 5.10 Å². The average Bonchev–Trinajstić information content (AvgIpc) is 3.22. The molecule has 0 saturated carbocycles. The van der Waals surface area contributed by atoms with Crippen molar-refractivity contribution in [2.75, 3.05) is 6.61 Å². The zero-order chi connectivity index (χ0) is 22.1. The topological polar surface area (TPSA) is 81.9 Å². The highest BCUT2D eigenvalue weighted by atomic mass is 16.5. The predicted molar refractivity (Wildman–Crippen MR) is 120 cm³/mol. The molecule has 0 fully saturated rings. The number of allylic oxidation sites excluding steroid dienone is 1. The van der Waals surface area contributed by atoms with E-state index >= 15 is 0 Å². The Bertz CT molecular complexity index is 978. The van der Waals surface area contributed by atoms with Gasteiger partial charge < -0.3 is 10.1 Å². The highest BCUT2D eigenvalue weighted by molar-refractivity contribution is 5.81. The number of tetrazole rings is 1. The van der Waals surface area contributed by atoms with Crippen LogP contribution in [-0.2, 0) is 22.7 Å². The molecule has 3 aromatic rings. The number of rotatable bonds is 9. The Kier molecular flexibility index (Phi) is 7.67. The van der Waals surface area contributed by atoms with E-state index < -0.39 is 11.5 Å². The lowest BCUT2D eigenvalue weighted by Crippen LogP contribution is -2.40. The van der Waals surface area contributed by atoms with Gasteiger partial charge in [-0.05, 0) is 21.6 Å². The second-order valence-corrected chi connectivity index (χ2v) is 8.31. The number of hydrogen-bond acceptors (Lipinski definition) is 5.